The molecule has 0 saturated carbocycles. The summed E-state index contributed by atoms with van der Waals surface area (Å²) in [6.07, 6.45) is -1.48. The highest BCUT2D eigenvalue weighted by atomic mass is 16.4. The van der Waals surface area contributed by atoms with Gasteiger partial charge in [0.15, 0.2) is 0 Å². The number of carboxylic acid groups (broad SMARTS) is 1. The minimum atomic E-state index is -1.29. The molecule has 3 amide bonds. The molecule has 0 unspecified atom stereocenters. The number of benzene rings is 1. The van der Waals surface area contributed by atoms with Crippen LogP contribution >= 0.6 is 0 Å². The molecule has 28 heavy (non-hydrogen) atoms. The minimum absolute atomic E-state index is 0.0333. The number of carbonyl (C=O) groups excluding carboxylic acids is 3. The quantitative estimate of drug-likeness (QED) is 0.257. The van der Waals surface area contributed by atoms with E-state index in [1.165, 1.54) is 6.92 Å². The standard InChI is InChI=1S/C18H26N4O6/c1-10(23)15(20)17(26)21-12(7-8-14(19)24)16(25)22-13(18(27)28)9-11-5-3-2-4-6-11/h2-6,10,12-13,15,23H,7-9,20H2,1H3,(H2,19,24)(H,21,26)(H,22,25)(H,27,28)/t10-,12+,13+,15+/m1/s1. The predicted octanol–water partition coefficient (Wildman–Crippen LogP) is -1.74. The molecule has 1 aromatic carbocycles. The molecule has 0 heterocycles. The fourth-order valence-corrected chi connectivity index (χ4v) is 2.36. The number of carboxylic acids is 1. The second kappa shape index (κ2) is 11.0. The van der Waals surface area contributed by atoms with Crippen LogP contribution in [0.1, 0.15) is 25.3 Å². The van der Waals surface area contributed by atoms with E-state index < -0.39 is 47.9 Å². The second-order valence-electron chi connectivity index (χ2n) is 6.42. The Morgan fingerprint density at radius 3 is 2.11 bits per heavy atom. The van der Waals surface area contributed by atoms with Crippen molar-refractivity contribution in [3.05, 3.63) is 35.9 Å². The third kappa shape index (κ3) is 7.72. The van der Waals surface area contributed by atoms with Crippen LogP contribution in [0.2, 0.25) is 0 Å². The van der Waals surface area contributed by atoms with Crippen molar-refractivity contribution >= 4 is 23.7 Å². The van der Waals surface area contributed by atoms with Crippen molar-refractivity contribution < 1.29 is 29.4 Å². The van der Waals surface area contributed by atoms with Crippen molar-refractivity contribution in [3.8, 4) is 0 Å². The van der Waals surface area contributed by atoms with Crippen LogP contribution in [0.4, 0.5) is 0 Å². The largest absolute Gasteiger partial charge is 0.480 e. The highest BCUT2D eigenvalue weighted by Crippen LogP contribution is 2.06. The zero-order valence-electron chi connectivity index (χ0n) is 15.5. The lowest BCUT2D eigenvalue weighted by atomic mass is 10.0. The molecule has 0 fully saturated rings. The minimum Gasteiger partial charge on any atom is -0.480 e. The molecule has 1 rings (SSSR count). The molecular weight excluding hydrogens is 368 g/mol. The summed E-state index contributed by atoms with van der Waals surface area (Å²) in [7, 11) is 0. The van der Waals surface area contributed by atoms with Gasteiger partial charge in [-0.3, -0.25) is 14.4 Å². The normalized spacial score (nSPS) is 15.0. The van der Waals surface area contributed by atoms with Crippen molar-refractivity contribution in [3.63, 3.8) is 0 Å². The molecule has 0 aliphatic carbocycles. The number of rotatable bonds is 11. The summed E-state index contributed by atoms with van der Waals surface area (Å²) in [4.78, 5) is 47.2. The van der Waals surface area contributed by atoms with Gasteiger partial charge in [-0.25, -0.2) is 4.79 Å². The van der Waals surface area contributed by atoms with Gasteiger partial charge in [0, 0.05) is 12.8 Å². The van der Waals surface area contributed by atoms with E-state index in [0.717, 1.165) is 0 Å². The van der Waals surface area contributed by atoms with Gasteiger partial charge in [-0.05, 0) is 18.9 Å². The zero-order chi connectivity index (χ0) is 21.3. The Labute approximate surface area is 162 Å². The molecule has 10 nitrogen and oxygen atoms in total. The van der Waals surface area contributed by atoms with Crippen LogP contribution in [-0.4, -0.2) is 58.1 Å². The van der Waals surface area contributed by atoms with Gasteiger partial charge in [0.1, 0.15) is 18.1 Å². The summed E-state index contributed by atoms with van der Waals surface area (Å²) in [6.45, 7) is 1.31. The number of amides is 3. The second-order valence-corrected chi connectivity index (χ2v) is 6.42. The number of hydrogen-bond acceptors (Lipinski definition) is 6. The Hall–Kier alpha value is -2.98. The summed E-state index contributed by atoms with van der Waals surface area (Å²) in [5.74, 6) is -3.55. The number of nitrogens with one attached hydrogen (secondary N) is 2. The van der Waals surface area contributed by atoms with Gasteiger partial charge in [0.2, 0.25) is 17.7 Å². The van der Waals surface area contributed by atoms with Gasteiger partial charge < -0.3 is 32.3 Å². The molecule has 0 spiro atoms. The average molecular weight is 394 g/mol. The first-order valence-corrected chi connectivity index (χ1v) is 8.71. The third-order valence-electron chi connectivity index (χ3n) is 4.03. The van der Waals surface area contributed by atoms with E-state index in [2.05, 4.69) is 10.6 Å². The Morgan fingerprint density at radius 1 is 1.04 bits per heavy atom. The van der Waals surface area contributed by atoms with Gasteiger partial charge >= 0.3 is 5.97 Å². The maximum Gasteiger partial charge on any atom is 0.326 e. The number of nitrogens with two attached hydrogens (primary N) is 2. The summed E-state index contributed by atoms with van der Waals surface area (Å²) in [6, 6.07) is 4.93. The number of hydrogen-bond donors (Lipinski definition) is 6. The van der Waals surface area contributed by atoms with Crippen LogP contribution in [0.5, 0.6) is 0 Å². The zero-order valence-corrected chi connectivity index (χ0v) is 15.5. The molecule has 0 aliphatic heterocycles. The fourth-order valence-electron chi connectivity index (χ4n) is 2.36. The first kappa shape index (κ1) is 23.1. The molecular formula is C18H26N4O6. The molecule has 154 valence electrons. The monoisotopic (exact) mass is 394 g/mol. The molecule has 0 radical (unpaired) electrons. The van der Waals surface area contributed by atoms with E-state index in [1.54, 1.807) is 30.3 Å². The van der Waals surface area contributed by atoms with E-state index in [0.29, 0.717) is 5.56 Å². The smallest absolute Gasteiger partial charge is 0.326 e. The molecule has 10 heteroatoms. The van der Waals surface area contributed by atoms with Gasteiger partial charge in [0.05, 0.1) is 6.10 Å². The third-order valence-corrected chi connectivity index (χ3v) is 4.03. The predicted molar refractivity (Wildman–Crippen MR) is 99.7 cm³/mol. The average Bonchev–Trinajstić information content (AvgIpc) is 2.63. The van der Waals surface area contributed by atoms with E-state index in [-0.39, 0.29) is 19.3 Å². The van der Waals surface area contributed by atoms with E-state index in [4.69, 9.17) is 11.5 Å². The lowest BCUT2D eigenvalue weighted by Crippen LogP contribution is -2.56. The molecule has 0 aromatic heterocycles. The Kier molecular flexibility index (Phi) is 9.06. The number of carbonyl (C=O) groups is 4. The van der Waals surface area contributed by atoms with Crippen molar-refractivity contribution in [1.82, 2.24) is 10.6 Å². The molecule has 8 N–H and O–H groups in total. The van der Waals surface area contributed by atoms with Crippen LogP contribution in [0.25, 0.3) is 0 Å². The van der Waals surface area contributed by atoms with Gasteiger partial charge in [-0.2, -0.15) is 0 Å². The van der Waals surface area contributed by atoms with Crippen molar-refractivity contribution in [2.45, 2.75) is 50.4 Å². The van der Waals surface area contributed by atoms with Gasteiger partial charge in [0.25, 0.3) is 0 Å². The van der Waals surface area contributed by atoms with E-state index >= 15 is 0 Å². The lowest BCUT2D eigenvalue weighted by Gasteiger charge is -2.23. The molecule has 4 atom stereocenters. The van der Waals surface area contributed by atoms with Crippen LogP contribution in [0.3, 0.4) is 0 Å². The highest BCUT2D eigenvalue weighted by Gasteiger charge is 2.29. The summed E-state index contributed by atoms with van der Waals surface area (Å²) in [5.41, 5.74) is 11.3. The van der Waals surface area contributed by atoms with Gasteiger partial charge in [-0.15, -0.1) is 0 Å². The highest BCUT2D eigenvalue weighted by molar-refractivity contribution is 5.92. The Morgan fingerprint density at radius 2 is 1.61 bits per heavy atom. The molecule has 0 saturated heterocycles. The molecule has 0 bridgehead atoms. The lowest BCUT2D eigenvalue weighted by molar-refractivity contribution is -0.142. The maximum atomic E-state index is 12.5. The number of aliphatic hydroxyl groups is 1. The maximum absolute atomic E-state index is 12.5. The number of primary amides is 1. The van der Waals surface area contributed by atoms with E-state index in [9.17, 15) is 29.4 Å². The SMILES string of the molecule is C[C@@H](O)[C@H](N)C(=O)N[C@@H](CCC(N)=O)C(=O)N[C@@H](Cc1ccccc1)C(=O)O. The summed E-state index contributed by atoms with van der Waals surface area (Å²) in [5, 5.41) is 23.5. The van der Waals surface area contributed by atoms with Crippen LogP contribution in [0.15, 0.2) is 30.3 Å². The van der Waals surface area contributed by atoms with Crippen LogP contribution in [0, 0.1) is 0 Å². The number of aliphatic hydroxyl groups excluding tert-OH is 1. The van der Waals surface area contributed by atoms with Gasteiger partial charge in [-0.1, -0.05) is 30.3 Å². The summed E-state index contributed by atoms with van der Waals surface area (Å²) >= 11 is 0. The first-order chi connectivity index (χ1) is 13.1. The fraction of sp³-hybridized carbons (Fsp3) is 0.444. The first-order valence-electron chi connectivity index (χ1n) is 8.71. The van der Waals surface area contributed by atoms with E-state index in [1.807, 2.05) is 0 Å². The van der Waals surface area contributed by atoms with Crippen LogP contribution < -0.4 is 22.1 Å². The molecule has 1 aromatic rings. The summed E-state index contributed by atoms with van der Waals surface area (Å²) < 4.78 is 0. The van der Waals surface area contributed by atoms with Crippen molar-refractivity contribution in [1.29, 1.82) is 0 Å². The molecule has 0 aliphatic rings. The number of aliphatic carboxylic acids is 1. The topological polar surface area (TPSA) is 185 Å². The van der Waals surface area contributed by atoms with Crippen LogP contribution in [-0.2, 0) is 25.6 Å². The Balaban J connectivity index is 2.88. The van der Waals surface area contributed by atoms with Crippen molar-refractivity contribution in [2.24, 2.45) is 11.5 Å². The Bertz CT molecular complexity index is 695. The van der Waals surface area contributed by atoms with Crippen molar-refractivity contribution in [2.75, 3.05) is 0 Å².